The number of H-pyrrole nitrogens is 1. The zero-order valence-corrected chi connectivity index (χ0v) is 18.1. The number of nitrogens with one attached hydrogen (secondary N) is 3. The molecule has 3 aromatic rings. The van der Waals surface area contributed by atoms with Crippen molar-refractivity contribution in [2.24, 2.45) is 0 Å². The van der Waals surface area contributed by atoms with Gasteiger partial charge in [-0.3, -0.25) is 19.4 Å². The SMILES string of the molecule is Nc1nc(SCC(=O)Nc2ccc3c(c2)OCCO3)[nH]c(=O)c1NC(=O)c1ccc(F)c(F)c1. The van der Waals surface area contributed by atoms with Gasteiger partial charge in [0, 0.05) is 17.3 Å². The van der Waals surface area contributed by atoms with E-state index in [1.807, 2.05) is 0 Å². The second kappa shape index (κ2) is 9.79. The predicted octanol–water partition coefficient (Wildman–Crippen LogP) is 2.38. The fraction of sp³-hybridized carbons (Fsp3) is 0.143. The summed E-state index contributed by atoms with van der Waals surface area (Å²) in [6, 6.07) is 7.51. The Morgan fingerprint density at radius 2 is 1.82 bits per heavy atom. The van der Waals surface area contributed by atoms with Crippen LogP contribution in [0.15, 0.2) is 46.3 Å². The van der Waals surface area contributed by atoms with E-state index in [2.05, 4.69) is 20.6 Å². The lowest BCUT2D eigenvalue weighted by Gasteiger charge is -2.19. The van der Waals surface area contributed by atoms with Gasteiger partial charge in [0.2, 0.25) is 5.91 Å². The minimum Gasteiger partial charge on any atom is -0.486 e. The normalized spacial score (nSPS) is 12.2. The molecule has 2 heterocycles. The fourth-order valence-corrected chi connectivity index (χ4v) is 3.60. The van der Waals surface area contributed by atoms with Gasteiger partial charge in [0.25, 0.3) is 11.5 Å². The highest BCUT2D eigenvalue weighted by atomic mass is 32.2. The second-order valence-corrected chi connectivity index (χ2v) is 7.87. The number of anilines is 3. The molecule has 1 aliphatic rings. The van der Waals surface area contributed by atoms with Crippen LogP contribution in [0.4, 0.5) is 26.0 Å². The molecule has 0 saturated carbocycles. The van der Waals surface area contributed by atoms with Crippen molar-refractivity contribution in [1.29, 1.82) is 0 Å². The summed E-state index contributed by atoms with van der Waals surface area (Å²) in [5.41, 5.74) is 4.93. The van der Waals surface area contributed by atoms with E-state index < -0.39 is 23.1 Å². The number of carbonyl (C=O) groups excluding carboxylic acids is 2. The van der Waals surface area contributed by atoms with Crippen molar-refractivity contribution in [2.75, 3.05) is 35.3 Å². The maximum absolute atomic E-state index is 13.3. The topological polar surface area (TPSA) is 148 Å². The highest BCUT2D eigenvalue weighted by Gasteiger charge is 2.17. The highest BCUT2D eigenvalue weighted by molar-refractivity contribution is 7.99. The minimum atomic E-state index is -1.21. The number of fused-ring (bicyclic) bond motifs is 1. The number of thioether (sulfide) groups is 1. The first kappa shape index (κ1) is 23.0. The van der Waals surface area contributed by atoms with Crippen molar-refractivity contribution in [3.05, 3.63) is 63.9 Å². The van der Waals surface area contributed by atoms with Gasteiger partial charge in [-0.05, 0) is 30.3 Å². The molecule has 2 aromatic carbocycles. The molecule has 176 valence electrons. The smallest absolute Gasteiger partial charge is 0.277 e. The lowest BCUT2D eigenvalue weighted by molar-refractivity contribution is -0.113. The molecule has 0 aliphatic carbocycles. The number of hydrogen-bond acceptors (Lipinski definition) is 8. The first-order valence-corrected chi connectivity index (χ1v) is 10.8. The molecular formula is C21H17F2N5O5S. The summed E-state index contributed by atoms with van der Waals surface area (Å²) in [4.78, 5) is 43.2. The Kier molecular flexibility index (Phi) is 6.63. The quantitative estimate of drug-likeness (QED) is 0.305. The van der Waals surface area contributed by atoms with Crippen LogP contribution < -0.4 is 31.4 Å². The Morgan fingerprint density at radius 1 is 1.06 bits per heavy atom. The van der Waals surface area contributed by atoms with Crippen molar-refractivity contribution in [3.63, 3.8) is 0 Å². The minimum absolute atomic E-state index is 0.0469. The Balaban J connectivity index is 1.38. The Hall–Kier alpha value is -4.13. The van der Waals surface area contributed by atoms with Gasteiger partial charge in [-0.2, -0.15) is 0 Å². The first-order valence-electron chi connectivity index (χ1n) is 9.78. The molecule has 13 heteroatoms. The van der Waals surface area contributed by atoms with Gasteiger partial charge >= 0.3 is 0 Å². The summed E-state index contributed by atoms with van der Waals surface area (Å²) < 4.78 is 37.3. The van der Waals surface area contributed by atoms with Crippen LogP contribution in [0.5, 0.6) is 11.5 Å². The summed E-state index contributed by atoms with van der Waals surface area (Å²) in [6.07, 6.45) is 0. The van der Waals surface area contributed by atoms with Crippen molar-refractivity contribution < 1.29 is 27.8 Å². The van der Waals surface area contributed by atoms with Crippen LogP contribution in [-0.2, 0) is 4.79 Å². The molecule has 0 saturated heterocycles. The van der Waals surface area contributed by atoms with Gasteiger partial charge in [-0.15, -0.1) is 0 Å². The standard InChI is InChI=1S/C21H17F2N5O5S/c22-12-3-1-10(7-13(12)23)19(30)26-17-18(24)27-21(28-20(17)31)34-9-16(29)25-11-2-4-14-15(8-11)33-6-5-32-14/h1-4,7-8H,5-6,9H2,(H,25,29)(H,26,30)(H3,24,27,28,31). The maximum Gasteiger partial charge on any atom is 0.277 e. The molecule has 0 spiro atoms. The number of amides is 2. The Morgan fingerprint density at radius 3 is 2.56 bits per heavy atom. The molecule has 1 aromatic heterocycles. The molecule has 0 unspecified atom stereocenters. The number of benzene rings is 2. The third-order valence-corrected chi connectivity index (χ3v) is 5.39. The molecule has 0 atom stereocenters. The van der Waals surface area contributed by atoms with Crippen LogP contribution in [-0.4, -0.2) is 40.7 Å². The average Bonchev–Trinajstić information content (AvgIpc) is 2.81. The van der Waals surface area contributed by atoms with E-state index in [-0.39, 0.29) is 33.9 Å². The van der Waals surface area contributed by atoms with E-state index in [4.69, 9.17) is 15.2 Å². The molecule has 5 N–H and O–H groups in total. The van der Waals surface area contributed by atoms with Crippen LogP contribution in [0.1, 0.15) is 10.4 Å². The predicted molar refractivity (Wildman–Crippen MR) is 120 cm³/mol. The number of hydrogen-bond donors (Lipinski definition) is 4. The van der Waals surface area contributed by atoms with E-state index in [0.29, 0.717) is 36.5 Å². The fourth-order valence-electron chi connectivity index (χ4n) is 2.93. The van der Waals surface area contributed by atoms with Crippen LogP contribution in [0.25, 0.3) is 0 Å². The third kappa shape index (κ3) is 5.26. The number of nitrogen functional groups attached to an aromatic ring is 1. The van der Waals surface area contributed by atoms with E-state index in [0.717, 1.165) is 23.9 Å². The lowest BCUT2D eigenvalue weighted by Crippen LogP contribution is -2.23. The first-order chi connectivity index (χ1) is 16.3. The molecule has 0 radical (unpaired) electrons. The van der Waals surface area contributed by atoms with Gasteiger partial charge in [-0.1, -0.05) is 11.8 Å². The number of halogens is 2. The number of ether oxygens (including phenoxy) is 2. The molecule has 0 bridgehead atoms. The van der Waals surface area contributed by atoms with Crippen LogP contribution in [0.2, 0.25) is 0 Å². The molecule has 34 heavy (non-hydrogen) atoms. The van der Waals surface area contributed by atoms with E-state index in [9.17, 15) is 23.2 Å². The van der Waals surface area contributed by atoms with Crippen molar-refractivity contribution in [3.8, 4) is 11.5 Å². The van der Waals surface area contributed by atoms with Gasteiger partial charge in [-0.25, -0.2) is 13.8 Å². The van der Waals surface area contributed by atoms with Crippen LogP contribution >= 0.6 is 11.8 Å². The number of rotatable bonds is 6. The van der Waals surface area contributed by atoms with E-state index in [1.54, 1.807) is 18.2 Å². The van der Waals surface area contributed by atoms with Crippen molar-refractivity contribution >= 4 is 40.8 Å². The summed E-state index contributed by atoms with van der Waals surface area (Å²) in [6.45, 7) is 0.870. The van der Waals surface area contributed by atoms with Crippen molar-refractivity contribution in [2.45, 2.75) is 5.16 Å². The monoisotopic (exact) mass is 489 g/mol. The maximum atomic E-state index is 13.3. The molecular weight excluding hydrogens is 472 g/mol. The molecule has 4 rings (SSSR count). The van der Waals surface area contributed by atoms with Crippen molar-refractivity contribution in [1.82, 2.24) is 9.97 Å². The third-order valence-electron chi connectivity index (χ3n) is 4.51. The zero-order valence-electron chi connectivity index (χ0n) is 17.3. The summed E-state index contributed by atoms with van der Waals surface area (Å²) in [5.74, 6) is -2.88. The lowest BCUT2D eigenvalue weighted by atomic mass is 10.2. The summed E-state index contributed by atoms with van der Waals surface area (Å²) in [7, 11) is 0. The van der Waals surface area contributed by atoms with E-state index in [1.165, 1.54) is 0 Å². The van der Waals surface area contributed by atoms with Gasteiger partial charge < -0.3 is 25.8 Å². The zero-order chi connectivity index (χ0) is 24.2. The number of nitrogens with zero attached hydrogens (tertiary/aromatic N) is 1. The molecule has 2 amide bonds. The average molecular weight is 489 g/mol. The van der Waals surface area contributed by atoms with Gasteiger partial charge in [0.1, 0.15) is 18.9 Å². The van der Waals surface area contributed by atoms with Gasteiger partial charge in [0.15, 0.2) is 34.1 Å². The Labute approximate surface area is 194 Å². The van der Waals surface area contributed by atoms with Crippen LogP contribution in [0, 0.1) is 11.6 Å². The molecule has 1 aliphatic heterocycles. The number of aromatic nitrogens is 2. The van der Waals surface area contributed by atoms with Crippen LogP contribution in [0.3, 0.4) is 0 Å². The second-order valence-electron chi connectivity index (χ2n) is 6.91. The number of carbonyl (C=O) groups is 2. The Bertz CT molecular complexity index is 1330. The highest BCUT2D eigenvalue weighted by Crippen LogP contribution is 2.32. The van der Waals surface area contributed by atoms with E-state index >= 15 is 0 Å². The summed E-state index contributed by atoms with van der Waals surface area (Å²) in [5, 5.41) is 4.96. The molecule has 0 fully saturated rings. The number of aromatic amines is 1. The number of nitrogens with two attached hydrogens (primary N) is 1. The van der Waals surface area contributed by atoms with Gasteiger partial charge in [0.05, 0.1) is 5.75 Å². The summed E-state index contributed by atoms with van der Waals surface area (Å²) >= 11 is 0.914. The molecule has 10 nitrogen and oxygen atoms in total. The largest absolute Gasteiger partial charge is 0.486 e.